The number of esters is 3. The van der Waals surface area contributed by atoms with E-state index in [1.54, 1.807) is 0 Å². The van der Waals surface area contributed by atoms with E-state index in [0.717, 1.165) is 116 Å². The first-order valence-electron chi connectivity index (χ1n) is 33.2. The topological polar surface area (TPSA) is 78.9 Å². The first-order chi connectivity index (χ1) is 38.5. The van der Waals surface area contributed by atoms with Crippen molar-refractivity contribution in [3.05, 3.63) is 97.2 Å². The highest BCUT2D eigenvalue weighted by Crippen LogP contribution is 2.17. The van der Waals surface area contributed by atoms with Crippen LogP contribution in [0.1, 0.15) is 323 Å². The maximum atomic E-state index is 12.9. The number of hydrogen-bond acceptors (Lipinski definition) is 6. The van der Waals surface area contributed by atoms with Crippen molar-refractivity contribution in [1.29, 1.82) is 0 Å². The SMILES string of the molecule is CC/C=C\C/C=C\C/C=C\C/C=C\C/C=C\C/C=C\CCCCCCCCCCCCC(=O)OCC(COC(=O)CCCCCCC/C=C\C/C=C\CCCC)OC(=O)CCCCCCCCCCCCCCCCCCC. The molecule has 0 saturated heterocycles. The van der Waals surface area contributed by atoms with Crippen molar-refractivity contribution < 1.29 is 28.6 Å². The summed E-state index contributed by atoms with van der Waals surface area (Å²) in [5.74, 6) is -0.885. The van der Waals surface area contributed by atoms with Crippen molar-refractivity contribution in [2.75, 3.05) is 13.2 Å². The maximum absolute atomic E-state index is 12.9. The predicted molar refractivity (Wildman–Crippen MR) is 339 cm³/mol. The summed E-state index contributed by atoms with van der Waals surface area (Å²) in [6.07, 6.45) is 88.4. The molecule has 0 radical (unpaired) electrons. The van der Waals surface area contributed by atoms with Crippen LogP contribution in [0.3, 0.4) is 0 Å². The molecule has 6 nitrogen and oxygen atoms in total. The quantitative estimate of drug-likeness (QED) is 0.0261. The molecule has 0 heterocycles. The van der Waals surface area contributed by atoms with E-state index in [1.165, 1.54) is 167 Å². The molecule has 0 aromatic carbocycles. The summed E-state index contributed by atoms with van der Waals surface area (Å²) < 4.78 is 16.9. The summed E-state index contributed by atoms with van der Waals surface area (Å²) in [4.78, 5) is 38.3. The molecule has 0 aliphatic carbocycles. The molecule has 1 atom stereocenters. The van der Waals surface area contributed by atoms with E-state index in [9.17, 15) is 14.4 Å². The molecule has 78 heavy (non-hydrogen) atoms. The molecule has 0 rings (SSSR count). The second-order valence-corrected chi connectivity index (χ2v) is 22.0. The van der Waals surface area contributed by atoms with Gasteiger partial charge < -0.3 is 14.2 Å². The van der Waals surface area contributed by atoms with Crippen LogP contribution in [-0.4, -0.2) is 37.2 Å². The van der Waals surface area contributed by atoms with Crippen LogP contribution in [0.15, 0.2) is 97.2 Å². The second kappa shape index (κ2) is 65.8. The lowest BCUT2D eigenvalue weighted by molar-refractivity contribution is -0.167. The molecule has 0 spiro atoms. The molecule has 0 bridgehead atoms. The average molecular weight is 1090 g/mol. The maximum Gasteiger partial charge on any atom is 0.306 e. The van der Waals surface area contributed by atoms with Gasteiger partial charge in [-0.15, -0.1) is 0 Å². The molecular weight excluding hydrogens is 961 g/mol. The highest BCUT2D eigenvalue weighted by molar-refractivity contribution is 5.71. The minimum absolute atomic E-state index is 0.0815. The Bertz CT molecular complexity index is 1530. The molecule has 1 unspecified atom stereocenters. The standard InChI is InChI=1S/C72H124O6/c1-4-7-10-13-16-19-22-25-28-30-31-32-33-34-35-36-37-38-39-40-41-43-44-47-50-53-56-59-62-65-71(74)77-68-69(67-76-70(73)64-61-58-55-52-49-46-27-24-21-18-15-12-9-6-3)78-72(75)66-63-60-57-54-51-48-45-42-29-26-23-20-17-14-11-8-5-2/h7,10,15-16,18-19,24-25,27-28,31-32,34-35,37-38,69H,4-6,8-9,11-14,17,20-23,26,29-30,33,36,39-68H2,1-3H3/b10-7-,18-15-,19-16-,27-24-,28-25-,32-31-,35-34-,38-37-. The lowest BCUT2D eigenvalue weighted by Crippen LogP contribution is -2.30. The highest BCUT2D eigenvalue weighted by Gasteiger charge is 2.19. The van der Waals surface area contributed by atoms with Gasteiger partial charge in [-0.3, -0.25) is 14.4 Å². The van der Waals surface area contributed by atoms with Crippen LogP contribution in [0.25, 0.3) is 0 Å². The molecule has 0 fully saturated rings. The van der Waals surface area contributed by atoms with Crippen molar-refractivity contribution >= 4 is 17.9 Å². The van der Waals surface area contributed by atoms with Gasteiger partial charge in [0, 0.05) is 19.3 Å². The van der Waals surface area contributed by atoms with Crippen molar-refractivity contribution in [2.45, 2.75) is 329 Å². The molecule has 0 aromatic heterocycles. The zero-order valence-electron chi connectivity index (χ0n) is 51.4. The van der Waals surface area contributed by atoms with Gasteiger partial charge in [0.15, 0.2) is 6.10 Å². The fourth-order valence-corrected chi connectivity index (χ4v) is 9.35. The lowest BCUT2D eigenvalue weighted by atomic mass is 10.0. The summed E-state index contributed by atoms with van der Waals surface area (Å²) in [5, 5.41) is 0. The van der Waals surface area contributed by atoms with E-state index in [1.807, 2.05) is 0 Å². The summed E-state index contributed by atoms with van der Waals surface area (Å²) >= 11 is 0. The van der Waals surface area contributed by atoms with Crippen molar-refractivity contribution in [3.63, 3.8) is 0 Å². The lowest BCUT2D eigenvalue weighted by Gasteiger charge is -2.18. The van der Waals surface area contributed by atoms with E-state index in [-0.39, 0.29) is 31.1 Å². The number of ether oxygens (including phenoxy) is 3. The average Bonchev–Trinajstić information content (AvgIpc) is 3.44. The van der Waals surface area contributed by atoms with Gasteiger partial charge in [0.2, 0.25) is 0 Å². The zero-order chi connectivity index (χ0) is 56.4. The number of hydrogen-bond donors (Lipinski definition) is 0. The van der Waals surface area contributed by atoms with Gasteiger partial charge in [-0.1, -0.05) is 304 Å². The van der Waals surface area contributed by atoms with Gasteiger partial charge in [0.25, 0.3) is 0 Å². The molecule has 0 N–H and O–H groups in total. The van der Waals surface area contributed by atoms with E-state index >= 15 is 0 Å². The first-order valence-corrected chi connectivity index (χ1v) is 33.2. The summed E-state index contributed by atoms with van der Waals surface area (Å²) in [7, 11) is 0. The molecule has 6 heteroatoms. The first kappa shape index (κ1) is 74.3. The van der Waals surface area contributed by atoms with Gasteiger partial charge in [-0.25, -0.2) is 0 Å². The van der Waals surface area contributed by atoms with Crippen molar-refractivity contribution in [1.82, 2.24) is 0 Å². The van der Waals surface area contributed by atoms with E-state index in [4.69, 9.17) is 14.2 Å². The second-order valence-electron chi connectivity index (χ2n) is 22.0. The van der Waals surface area contributed by atoms with Gasteiger partial charge in [0.1, 0.15) is 13.2 Å². The van der Waals surface area contributed by atoms with Crippen molar-refractivity contribution in [3.8, 4) is 0 Å². The summed E-state index contributed by atoms with van der Waals surface area (Å²) in [5.41, 5.74) is 0. The fraction of sp³-hybridized carbons (Fsp3) is 0.736. The number of allylic oxidation sites excluding steroid dienone is 16. The number of unbranched alkanes of at least 4 members (excludes halogenated alkanes) is 33. The zero-order valence-corrected chi connectivity index (χ0v) is 51.4. The Kier molecular flexibility index (Phi) is 62.7. The molecule has 0 saturated carbocycles. The minimum Gasteiger partial charge on any atom is -0.462 e. The number of carbonyl (C=O) groups excluding carboxylic acids is 3. The number of carbonyl (C=O) groups is 3. The Hall–Kier alpha value is -3.67. The van der Waals surface area contributed by atoms with E-state index in [2.05, 4.69) is 118 Å². The van der Waals surface area contributed by atoms with Crippen LogP contribution >= 0.6 is 0 Å². The van der Waals surface area contributed by atoms with Crippen LogP contribution in [0.2, 0.25) is 0 Å². The fourth-order valence-electron chi connectivity index (χ4n) is 9.35. The summed E-state index contributed by atoms with van der Waals surface area (Å²) in [6.45, 7) is 6.51. The largest absolute Gasteiger partial charge is 0.462 e. The molecular formula is C72H124O6. The summed E-state index contributed by atoms with van der Waals surface area (Å²) in [6, 6.07) is 0. The van der Waals surface area contributed by atoms with Gasteiger partial charge >= 0.3 is 17.9 Å². The van der Waals surface area contributed by atoms with Crippen LogP contribution in [0.4, 0.5) is 0 Å². The molecule has 0 aliphatic heterocycles. The Labute approximate surface area is 483 Å². The monoisotopic (exact) mass is 1080 g/mol. The van der Waals surface area contributed by atoms with Crippen LogP contribution in [0, 0.1) is 0 Å². The Balaban J connectivity index is 4.29. The van der Waals surface area contributed by atoms with E-state index in [0.29, 0.717) is 19.3 Å². The Morgan fingerprint density at radius 2 is 0.513 bits per heavy atom. The van der Waals surface area contributed by atoms with Gasteiger partial charge in [-0.05, 0) is 96.3 Å². The van der Waals surface area contributed by atoms with E-state index < -0.39 is 6.10 Å². The number of rotatable bonds is 60. The van der Waals surface area contributed by atoms with Gasteiger partial charge in [0.05, 0.1) is 0 Å². The third-order valence-corrected chi connectivity index (χ3v) is 14.3. The highest BCUT2D eigenvalue weighted by atomic mass is 16.6. The predicted octanol–water partition coefficient (Wildman–Crippen LogP) is 22.8. The third-order valence-electron chi connectivity index (χ3n) is 14.3. The smallest absolute Gasteiger partial charge is 0.306 e. The molecule has 0 aliphatic rings. The normalized spacial score (nSPS) is 12.7. The van der Waals surface area contributed by atoms with Crippen LogP contribution in [0.5, 0.6) is 0 Å². The van der Waals surface area contributed by atoms with Crippen LogP contribution < -0.4 is 0 Å². The van der Waals surface area contributed by atoms with Crippen LogP contribution in [-0.2, 0) is 28.6 Å². The molecule has 0 aromatic rings. The molecule has 0 amide bonds. The third kappa shape index (κ3) is 63.2. The molecule has 448 valence electrons. The minimum atomic E-state index is -0.784. The Morgan fingerprint density at radius 1 is 0.269 bits per heavy atom. The Morgan fingerprint density at radius 3 is 0.821 bits per heavy atom. The van der Waals surface area contributed by atoms with Crippen molar-refractivity contribution in [2.24, 2.45) is 0 Å². The van der Waals surface area contributed by atoms with Gasteiger partial charge in [-0.2, -0.15) is 0 Å².